The maximum absolute atomic E-state index is 12.8. The van der Waals surface area contributed by atoms with Gasteiger partial charge in [-0.05, 0) is 25.5 Å². The van der Waals surface area contributed by atoms with Crippen LogP contribution in [0.3, 0.4) is 0 Å². The minimum Gasteiger partial charge on any atom is -0.435 e. The van der Waals surface area contributed by atoms with Crippen LogP contribution >= 0.6 is 10.3 Å². The molecular weight excluding hydrogens is 385 g/mol. The highest BCUT2D eigenvalue weighted by atomic mass is 32.3. The molecule has 1 aliphatic heterocycles. The Hall–Kier alpha value is -1.46. The van der Waals surface area contributed by atoms with Crippen molar-refractivity contribution in [1.29, 1.82) is 0 Å². The number of carbonyl (C=O) groups is 1. The van der Waals surface area contributed by atoms with Gasteiger partial charge in [0.2, 0.25) is 0 Å². The van der Waals surface area contributed by atoms with Crippen molar-refractivity contribution >= 4 is 26.6 Å². The van der Waals surface area contributed by atoms with Gasteiger partial charge in [-0.1, -0.05) is 28.5 Å². The minimum absolute atomic E-state index is 0.0242. The number of ether oxygens (including phenoxy) is 2. The van der Waals surface area contributed by atoms with E-state index in [4.69, 9.17) is 8.37 Å². The number of hydrogen-bond acceptors (Lipinski definition) is 6. The Morgan fingerprint density at radius 3 is 2.48 bits per heavy atom. The van der Waals surface area contributed by atoms with E-state index in [2.05, 4.69) is 4.74 Å². The standard InChI is InChI=1S/C14H17F3O6S2/c1-2-21-13(18)22-11-8-9-24(10-11,12-6-4-3-5-7-12)23-25(19,20)14(15,16)17/h3-7,11H,2,8-10H2,1H3. The molecule has 11 heteroatoms. The van der Waals surface area contributed by atoms with Crippen LogP contribution in [0.4, 0.5) is 18.0 Å². The highest BCUT2D eigenvalue weighted by Gasteiger charge is 2.53. The summed E-state index contributed by atoms with van der Waals surface area (Å²) in [5.74, 6) is -0.123. The number of benzene rings is 1. The highest BCUT2D eigenvalue weighted by Crippen LogP contribution is 2.63. The molecule has 6 nitrogen and oxygen atoms in total. The molecule has 0 radical (unpaired) electrons. The van der Waals surface area contributed by atoms with E-state index < -0.39 is 38.2 Å². The molecule has 1 fully saturated rings. The molecule has 142 valence electrons. The van der Waals surface area contributed by atoms with Crippen LogP contribution in [0, 0.1) is 0 Å². The van der Waals surface area contributed by atoms with Gasteiger partial charge < -0.3 is 9.47 Å². The molecule has 0 N–H and O–H groups in total. The highest BCUT2D eigenvalue weighted by molar-refractivity contribution is 8.33. The molecule has 0 amide bonds. The van der Waals surface area contributed by atoms with Crippen molar-refractivity contribution in [2.75, 3.05) is 18.1 Å². The van der Waals surface area contributed by atoms with E-state index in [0.29, 0.717) is 4.90 Å². The van der Waals surface area contributed by atoms with E-state index in [9.17, 15) is 26.4 Å². The lowest BCUT2D eigenvalue weighted by Crippen LogP contribution is -2.28. The predicted octanol–water partition coefficient (Wildman–Crippen LogP) is 3.58. The van der Waals surface area contributed by atoms with Crippen LogP contribution < -0.4 is 0 Å². The number of carbonyl (C=O) groups excluding carboxylic acids is 1. The van der Waals surface area contributed by atoms with E-state index in [-0.39, 0.29) is 24.5 Å². The third kappa shape index (κ3) is 4.59. The summed E-state index contributed by atoms with van der Waals surface area (Å²) >= 11 is 0. The Morgan fingerprint density at radius 1 is 1.28 bits per heavy atom. The number of halogens is 3. The van der Waals surface area contributed by atoms with E-state index in [1.807, 2.05) is 0 Å². The fourth-order valence-corrected chi connectivity index (χ4v) is 7.58. The number of alkyl halides is 3. The second-order valence-corrected chi connectivity index (χ2v) is 9.93. The van der Waals surface area contributed by atoms with Crippen LogP contribution in [0.25, 0.3) is 0 Å². The zero-order valence-corrected chi connectivity index (χ0v) is 14.8. The number of hydrogen-bond donors (Lipinski definition) is 0. The lowest BCUT2D eigenvalue weighted by molar-refractivity contribution is -0.0496. The second kappa shape index (κ2) is 7.42. The SMILES string of the molecule is CCOC(=O)OC1CCS(OS(=O)(=O)C(F)(F)F)(c2ccccc2)C1. The van der Waals surface area contributed by atoms with Crippen molar-refractivity contribution in [2.45, 2.75) is 29.9 Å². The van der Waals surface area contributed by atoms with E-state index >= 15 is 0 Å². The molecule has 1 heterocycles. The van der Waals surface area contributed by atoms with Crippen molar-refractivity contribution in [3.63, 3.8) is 0 Å². The normalized spacial score (nSPS) is 26.6. The molecular formula is C14H17F3O6S2. The zero-order valence-electron chi connectivity index (χ0n) is 13.2. The Balaban J connectivity index is 2.29. The van der Waals surface area contributed by atoms with Crippen LogP contribution in [-0.4, -0.2) is 44.3 Å². The van der Waals surface area contributed by atoms with Crippen LogP contribution in [0.5, 0.6) is 0 Å². The lowest BCUT2D eigenvalue weighted by atomic mass is 10.3. The average molecular weight is 402 g/mol. The Morgan fingerprint density at radius 2 is 1.92 bits per heavy atom. The van der Waals surface area contributed by atoms with E-state index in [1.165, 1.54) is 12.1 Å². The molecule has 2 unspecified atom stereocenters. The summed E-state index contributed by atoms with van der Waals surface area (Å²) in [6.45, 7) is 1.66. The third-order valence-electron chi connectivity index (χ3n) is 3.43. The van der Waals surface area contributed by atoms with Crippen molar-refractivity contribution in [1.82, 2.24) is 0 Å². The van der Waals surface area contributed by atoms with Crippen molar-refractivity contribution in [3.8, 4) is 0 Å². The molecule has 25 heavy (non-hydrogen) atoms. The number of rotatable bonds is 5. The van der Waals surface area contributed by atoms with Crippen LogP contribution in [-0.2, 0) is 23.2 Å². The molecule has 1 saturated heterocycles. The van der Waals surface area contributed by atoms with Gasteiger partial charge >= 0.3 is 21.8 Å². The molecule has 1 aromatic carbocycles. The summed E-state index contributed by atoms with van der Waals surface area (Å²) in [5.41, 5.74) is -5.53. The first-order valence-corrected chi connectivity index (χ1v) is 10.6. The van der Waals surface area contributed by atoms with Crippen LogP contribution in [0.1, 0.15) is 13.3 Å². The van der Waals surface area contributed by atoms with Gasteiger partial charge in [0.15, 0.2) is 0 Å². The molecule has 0 spiro atoms. The summed E-state index contributed by atoms with van der Waals surface area (Å²) in [6, 6.07) is 7.82. The van der Waals surface area contributed by atoms with Gasteiger partial charge in [0, 0.05) is 16.4 Å². The second-order valence-electron chi connectivity index (χ2n) is 5.18. The molecule has 2 atom stereocenters. The van der Waals surface area contributed by atoms with Gasteiger partial charge in [0.1, 0.15) is 6.10 Å². The maximum atomic E-state index is 12.8. The Bertz CT molecular complexity index is 707. The van der Waals surface area contributed by atoms with Gasteiger partial charge in [0.25, 0.3) is 0 Å². The van der Waals surface area contributed by atoms with Gasteiger partial charge in [0.05, 0.1) is 6.61 Å². The summed E-state index contributed by atoms with van der Waals surface area (Å²) in [7, 11) is -8.62. The Kier molecular flexibility index (Phi) is 5.89. The quantitative estimate of drug-likeness (QED) is 0.553. The molecule has 0 saturated carbocycles. The van der Waals surface area contributed by atoms with Crippen LogP contribution in [0.15, 0.2) is 35.2 Å². The first-order valence-electron chi connectivity index (χ1n) is 7.29. The monoisotopic (exact) mass is 402 g/mol. The van der Waals surface area contributed by atoms with E-state index in [1.54, 1.807) is 25.1 Å². The summed E-state index contributed by atoms with van der Waals surface area (Å²) in [5, 5.41) is 0. The molecule has 0 aromatic heterocycles. The Labute approximate surface area is 144 Å². The third-order valence-corrected chi connectivity index (χ3v) is 8.69. The molecule has 0 bridgehead atoms. The summed E-state index contributed by atoms with van der Waals surface area (Å²) in [4.78, 5) is 11.8. The zero-order chi connectivity index (χ0) is 18.7. The van der Waals surface area contributed by atoms with Gasteiger partial charge in [-0.2, -0.15) is 21.6 Å². The maximum Gasteiger partial charge on any atom is 0.523 e. The molecule has 2 rings (SSSR count). The molecule has 1 aromatic rings. The van der Waals surface area contributed by atoms with Gasteiger partial charge in [-0.3, -0.25) is 0 Å². The van der Waals surface area contributed by atoms with E-state index in [0.717, 1.165) is 0 Å². The smallest absolute Gasteiger partial charge is 0.435 e. The topological polar surface area (TPSA) is 78.9 Å². The minimum atomic E-state index is -5.78. The van der Waals surface area contributed by atoms with Crippen LogP contribution in [0.2, 0.25) is 0 Å². The van der Waals surface area contributed by atoms with Crippen molar-refractivity contribution in [3.05, 3.63) is 30.3 Å². The van der Waals surface area contributed by atoms with Gasteiger partial charge in [-0.25, -0.2) is 8.42 Å². The predicted molar refractivity (Wildman–Crippen MR) is 84.6 cm³/mol. The molecule has 0 aliphatic carbocycles. The fraction of sp³-hybridized carbons (Fsp3) is 0.500. The van der Waals surface area contributed by atoms with Crippen molar-refractivity contribution in [2.24, 2.45) is 0 Å². The van der Waals surface area contributed by atoms with Crippen molar-refractivity contribution < 1.29 is 39.5 Å². The lowest BCUT2D eigenvalue weighted by Gasteiger charge is -2.34. The fourth-order valence-electron chi connectivity index (χ4n) is 2.36. The largest absolute Gasteiger partial charge is 0.523 e. The van der Waals surface area contributed by atoms with Gasteiger partial charge in [-0.15, -0.1) is 0 Å². The first-order chi connectivity index (χ1) is 11.6. The summed E-state index contributed by atoms with van der Waals surface area (Å²) in [6.07, 6.45) is -1.55. The average Bonchev–Trinajstić information content (AvgIpc) is 2.90. The first kappa shape index (κ1) is 19.9. The molecule has 1 aliphatic rings. The summed E-state index contributed by atoms with van der Waals surface area (Å²) < 4.78 is 75.8.